The Kier molecular flexibility index (Phi) is 36.6. The molecule has 0 heterocycles. The number of hydrogen-bond donors (Lipinski definition) is 0. The van der Waals surface area contributed by atoms with E-state index in [4.69, 9.17) is 28.4 Å². The van der Waals surface area contributed by atoms with Gasteiger partial charge in [-0.15, -0.1) is 0 Å². The fourth-order valence-electron chi connectivity index (χ4n) is 12.4. The van der Waals surface area contributed by atoms with E-state index in [0.29, 0.717) is 0 Å². The molecule has 0 aromatic heterocycles. The van der Waals surface area contributed by atoms with Crippen molar-refractivity contribution in [3.8, 4) is 46.0 Å². The second kappa shape index (κ2) is 47.4. The van der Waals surface area contributed by atoms with Crippen LogP contribution in [0.2, 0.25) is 0 Å². The van der Waals surface area contributed by atoms with Crippen LogP contribution < -0.4 is 28.4 Å². The fraction of sp³-hybridized carbons (Fsp3) is 0.119. The van der Waals surface area contributed by atoms with Gasteiger partial charge in [-0.05, 0) is 326 Å². The van der Waals surface area contributed by atoms with Gasteiger partial charge in [-0.2, -0.15) is 0 Å². The summed E-state index contributed by atoms with van der Waals surface area (Å²) in [6.45, 7) is 10.7. The van der Waals surface area contributed by atoms with Crippen LogP contribution in [-0.2, 0) is 43.6 Å². The lowest BCUT2D eigenvalue weighted by Crippen LogP contribution is -2.05. The summed E-state index contributed by atoms with van der Waals surface area (Å²) in [5, 5.41) is 0. The fourth-order valence-corrected chi connectivity index (χ4v) is 22.2. The maximum atomic E-state index is 5.96. The summed E-state index contributed by atoms with van der Waals surface area (Å²) in [6.07, 6.45) is 0. The standard InChI is InChI=1S/C27H25O2S2.C26H23O3S.C26H23OS.C26H23S2.4CH4/c1-20-4-10-23(11-5-20)30-24-12-18-27(19-13-24)31(25-14-6-21(28-2)7-15-25)26-16-8-22(29-3)9-17-26;1-27-20-8-14-24(15-9-20)30(25-16-10-21(28-2)11-17-25)26-18-12-23(13-19-26)29-22-6-4-3-5-7-22;2*1-20-8-14-24(15-9-20)28(25-16-10-21(2)11-17-25)26-18-12-23(13-19-26)27-22-6-4-3-5-7-22;;;;/h4-19H,1-3H3;3-19H,1-2H3;2*3-19H,1-2H3;4*1H4/q4*+1;;;;. The van der Waals surface area contributed by atoms with Crippen molar-refractivity contribution in [3.05, 3.63) is 434 Å². The number of benzene rings is 16. The Morgan fingerprint density at radius 2 is 0.298 bits per heavy atom. The Balaban J connectivity index is 0.000000182. The molecular formula is C109H110O6S6+4. The smallest absolute Gasteiger partial charge is 0.166 e. The molecule has 0 aliphatic heterocycles. The van der Waals surface area contributed by atoms with Gasteiger partial charge in [0.2, 0.25) is 0 Å². The van der Waals surface area contributed by atoms with Gasteiger partial charge < -0.3 is 28.4 Å². The molecule has 121 heavy (non-hydrogen) atoms. The summed E-state index contributed by atoms with van der Waals surface area (Å²) >= 11 is 3.59. The first kappa shape index (κ1) is 93.3. The van der Waals surface area contributed by atoms with Crippen LogP contribution in [0.25, 0.3) is 0 Å². The molecule has 0 bridgehead atoms. The van der Waals surface area contributed by atoms with Gasteiger partial charge in [-0.3, -0.25) is 0 Å². The number of ether oxygens (including phenoxy) is 6. The lowest BCUT2D eigenvalue weighted by molar-refractivity contribution is 0.414. The summed E-state index contributed by atoms with van der Waals surface area (Å²) in [5.74, 6) is 6.79. The van der Waals surface area contributed by atoms with Crippen molar-refractivity contribution in [1.29, 1.82) is 0 Å². The van der Waals surface area contributed by atoms with Crippen LogP contribution in [-0.4, -0.2) is 28.4 Å². The number of para-hydroxylation sites is 2. The predicted molar refractivity (Wildman–Crippen MR) is 517 cm³/mol. The van der Waals surface area contributed by atoms with Gasteiger partial charge in [0.25, 0.3) is 0 Å². The van der Waals surface area contributed by atoms with Crippen LogP contribution in [0.5, 0.6) is 46.0 Å². The molecule has 16 rings (SSSR count). The quantitative estimate of drug-likeness (QED) is 0.0555. The third kappa shape index (κ3) is 26.7. The van der Waals surface area contributed by atoms with Crippen LogP contribution in [0.1, 0.15) is 57.5 Å². The molecule has 614 valence electrons. The third-order valence-corrected chi connectivity index (χ3v) is 29.6. The van der Waals surface area contributed by atoms with Crippen LogP contribution in [0.15, 0.2) is 485 Å². The normalized spacial score (nSPS) is 10.5. The molecule has 0 atom stereocenters. The van der Waals surface area contributed by atoms with E-state index in [-0.39, 0.29) is 73.3 Å². The van der Waals surface area contributed by atoms with Crippen molar-refractivity contribution in [1.82, 2.24) is 0 Å². The first-order chi connectivity index (χ1) is 57.3. The Morgan fingerprint density at radius 3 is 0.496 bits per heavy atom. The zero-order valence-electron chi connectivity index (χ0n) is 67.1. The number of hydrogen-bond acceptors (Lipinski definition) is 8. The van der Waals surface area contributed by atoms with Crippen molar-refractivity contribution < 1.29 is 28.4 Å². The minimum atomic E-state index is -0.257. The summed E-state index contributed by atoms with van der Waals surface area (Å²) < 4.78 is 33.3. The second-order valence-corrected chi connectivity index (χ2v) is 37.6. The monoisotopic (exact) mass is 1710 g/mol. The van der Waals surface area contributed by atoms with Gasteiger partial charge in [0, 0.05) is 19.6 Å². The van der Waals surface area contributed by atoms with E-state index in [1.54, 1.807) is 52.0 Å². The molecule has 12 heteroatoms. The molecule has 6 nitrogen and oxygen atoms in total. The van der Waals surface area contributed by atoms with Crippen molar-refractivity contribution in [2.75, 3.05) is 28.4 Å². The summed E-state index contributed by atoms with van der Waals surface area (Å²) in [5.41, 5.74) is 6.44. The summed E-state index contributed by atoms with van der Waals surface area (Å²) in [4.78, 5) is 20.5. The third-order valence-electron chi connectivity index (χ3n) is 18.6. The molecule has 0 radical (unpaired) electrons. The van der Waals surface area contributed by atoms with E-state index in [1.165, 1.54) is 106 Å². The van der Waals surface area contributed by atoms with Crippen LogP contribution >= 0.6 is 23.5 Å². The van der Waals surface area contributed by atoms with E-state index in [9.17, 15) is 0 Å². The van der Waals surface area contributed by atoms with E-state index in [1.807, 2.05) is 121 Å². The molecule has 0 fully saturated rings. The van der Waals surface area contributed by atoms with Crippen molar-refractivity contribution in [2.45, 2.75) is 143 Å². The van der Waals surface area contributed by atoms with E-state index in [0.717, 1.165) is 46.0 Å². The Morgan fingerprint density at radius 1 is 0.157 bits per heavy atom. The zero-order valence-corrected chi connectivity index (χ0v) is 72.0. The maximum Gasteiger partial charge on any atom is 0.166 e. The molecule has 0 N–H and O–H groups in total. The largest absolute Gasteiger partial charge is 0.497 e. The molecule has 0 amide bonds. The summed E-state index contributed by atoms with van der Waals surface area (Å²) in [6, 6.07) is 143. The van der Waals surface area contributed by atoms with Crippen molar-refractivity contribution >= 4 is 67.1 Å². The molecule has 16 aromatic carbocycles. The molecule has 16 aromatic rings. The first-order valence-corrected chi connectivity index (χ1v) is 45.0. The predicted octanol–water partition coefficient (Wildman–Crippen LogP) is 31.1. The highest BCUT2D eigenvalue weighted by Gasteiger charge is 2.33. The SMILES string of the molecule is C.C.C.C.COc1ccc([S+](c2ccc(OC)cc2)c2ccc(Oc3ccccc3)cc2)cc1.COc1ccc([S+](c2ccc(OC)cc2)c2ccc(Sc3ccc(C)cc3)cc2)cc1.Cc1ccc([S+](c2ccc(C)cc2)c2ccc(Oc3ccccc3)cc2)cc1.Cc1ccc([S+](c2ccc(C)cc2)c2ccc(Sc3ccccc3)cc2)cc1. The molecule has 0 saturated carbocycles. The molecular weight excluding hydrogens is 1600 g/mol. The van der Waals surface area contributed by atoms with Crippen molar-refractivity contribution in [2.24, 2.45) is 0 Å². The average Bonchev–Trinajstić information content (AvgIpc) is 0.819. The number of methoxy groups -OCH3 is 4. The highest BCUT2D eigenvalue weighted by atomic mass is 32.2. The van der Waals surface area contributed by atoms with E-state index < -0.39 is 0 Å². The molecule has 0 aliphatic carbocycles. The van der Waals surface area contributed by atoms with Gasteiger partial charge in [0.1, 0.15) is 46.0 Å². The number of rotatable bonds is 24. The lowest BCUT2D eigenvalue weighted by atomic mass is 10.2. The Bertz CT molecular complexity index is 5280. The lowest BCUT2D eigenvalue weighted by Gasteiger charge is -2.10. The highest BCUT2D eigenvalue weighted by molar-refractivity contribution is 8.00. The van der Waals surface area contributed by atoms with E-state index >= 15 is 0 Å². The minimum absolute atomic E-state index is 0. The molecule has 0 saturated heterocycles. The maximum absolute atomic E-state index is 5.96. The van der Waals surface area contributed by atoms with Crippen LogP contribution in [0.3, 0.4) is 0 Å². The minimum Gasteiger partial charge on any atom is -0.497 e. The van der Waals surface area contributed by atoms with Crippen LogP contribution in [0.4, 0.5) is 0 Å². The molecule has 0 spiro atoms. The summed E-state index contributed by atoms with van der Waals surface area (Å²) in [7, 11) is 6.06. The second-order valence-electron chi connectivity index (χ2n) is 27.2. The van der Waals surface area contributed by atoms with Gasteiger partial charge in [0.05, 0.1) is 72.0 Å². The van der Waals surface area contributed by atoms with Crippen LogP contribution in [0, 0.1) is 34.6 Å². The van der Waals surface area contributed by atoms with Gasteiger partial charge in [-0.25, -0.2) is 0 Å². The highest BCUT2D eigenvalue weighted by Crippen LogP contribution is 2.40. The zero-order chi connectivity index (χ0) is 81.1. The van der Waals surface area contributed by atoms with Gasteiger partial charge >= 0.3 is 0 Å². The van der Waals surface area contributed by atoms with Gasteiger partial charge in [-0.1, -0.05) is 196 Å². The Hall–Kier alpha value is -11.6. The average molecular weight is 1710 g/mol. The molecule has 0 aliphatic rings. The topological polar surface area (TPSA) is 55.4 Å². The van der Waals surface area contributed by atoms with Crippen molar-refractivity contribution in [3.63, 3.8) is 0 Å². The van der Waals surface area contributed by atoms with Gasteiger partial charge in [0.15, 0.2) is 58.7 Å². The first-order valence-electron chi connectivity index (χ1n) is 38.4. The molecule has 0 unspecified atom stereocenters. The number of aryl methyl sites for hydroxylation is 5. The van der Waals surface area contributed by atoms with E-state index in [2.05, 4.69) is 320 Å². The Labute approximate surface area is 740 Å².